The number of carbonyl (C=O) groups is 1. The van der Waals surface area contributed by atoms with Crippen LogP contribution in [0.5, 0.6) is 0 Å². The summed E-state index contributed by atoms with van der Waals surface area (Å²) in [5, 5.41) is 14.4. The minimum atomic E-state index is -0.765. The highest BCUT2D eigenvalue weighted by atomic mass is 16.6. The van der Waals surface area contributed by atoms with Crippen molar-refractivity contribution in [3.05, 3.63) is 46.5 Å². The molecule has 0 aliphatic rings. The third kappa shape index (κ3) is 1.95. The molecule has 0 unspecified atom stereocenters. The van der Waals surface area contributed by atoms with Crippen molar-refractivity contribution in [2.24, 2.45) is 5.73 Å². The maximum Gasteiger partial charge on any atom is 0.270 e. The molecular formula is C9H7N5O3. The van der Waals surface area contributed by atoms with Gasteiger partial charge in [-0.2, -0.15) is 5.10 Å². The number of amides is 1. The summed E-state index contributed by atoms with van der Waals surface area (Å²) >= 11 is 0. The molecule has 0 spiro atoms. The van der Waals surface area contributed by atoms with Crippen LogP contribution in [0.2, 0.25) is 0 Å². The number of nitro benzene ring substituents is 1. The molecule has 1 aromatic carbocycles. The Balaban J connectivity index is 2.61. The molecule has 0 saturated carbocycles. The normalized spacial score (nSPS) is 10.1. The monoisotopic (exact) mass is 233 g/mol. The number of carbonyl (C=O) groups excluding carboxylic acids is 1. The third-order valence-electron chi connectivity index (χ3n) is 2.12. The summed E-state index contributed by atoms with van der Waals surface area (Å²) in [5.74, 6) is -0.765. The number of benzene rings is 1. The SMILES string of the molecule is NC(=O)c1cc([N+](=O)[O-])ccc1-n1cncn1. The van der Waals surface area contributed by atoms with E-state index < -0.39 is 10.8 Å². The van der Waals surface area contributed by atoms with Crippen LogP contribution in [-0.4, -0.2) is 25.6 Å². The first-order chi connectivity index (χ1) is 8.09. The topological polar surface area (TPSA) is 117 Å². The lowest BCUT2D eigenvalue weighted by Gasteiger charge is -2.05. The zero-order valence-corrected chi connectivity index (χ0v) is 8.48. The summed E-state index contributed by atoms with van der Waals surface area (Å²) < 4.78 is 1.31. The molecule has 1 heterocycles. The zero-order valence-electron chi connectivity index (χ0n) is 8.48. The Morgan fingerprint density at radius 1 is 1.47 bits per heavy atom. The molecule has 0 fully saturated rings. The maximum atomic E-state index is 11.2. The van der Waals surface area contributed by atoms with Crippen LogP contribution in [0.3, 0.4) is 0 Å². The predicted octanol–water partition coefficient (Wildman–Crippen LogP) is 0.274. The van der Waals surface area contributed by atoms with Gasteiger partial charge in [0.2, 0.25) is 0 Å². The molecule has 0 aliphatic heterocycles. The van der Waals surface area contributed by atoms with E-state index in [1.54, 1.807) is 0 Å². The highest BCUT2D eigenvalue weighted by molar-refractivity contribution is 5.97. The fraction of sp³-hybridized carbons (Fsp3) is 0. The van der Waals surface area contributed by atoms with Crippen LogP contribution < -0.4 is 5.73 Å². The minimum Gasteiger partial charge on any atom is -0.366 e. The number of nitrogens with two attached hydrogens (primary N) is 1. The number of aromatic nitrogens is 3. The molecule has 2 rings (SSSR count). The second-order valence-electron chi connectivity index (χ2n) is 3.16. The van der Waals surface area contributed by atoms with Gasteiger partial charge in [0, 0.05) is 12.1 Å². The molecule has 0 saturated heterocycles. The van der Waals surface area contributed by atoms with E-state index in [0.717, 1.165) is 6.07 Å². The molecule has 8 heteroatoms. The number of nitro groups is 1. The van der Waals surface area contributed by atoms with Gasteiger partial charge in [-0.1, -0.05) is 0 Å². The quantitative estimate of drug-likeness (QED) is 0.603. The average molecular weight is 233 g/mol. The molecular weight excluding hydrogens is 226 g/mol. The maximum absolute atomic E-state index is 11.2. The molecule has 8 nitrogen and oxygen atoms in total. The van der Waals surface area contributed by atoms with Gasteiger partial charge in [-0.15, -0.1) is 0 Å². The minimum absolute atomic E-state index is 0.0182. The van der Waals surface area contributed by atoms with E-state index in [0.29, 0.717) is 5.69 Å². The Hall–Kier alpha value is -2.77. The lowest BCUT2D eigenvalue weighted by atomic mass is 10.1. The van der Waals surface area contributed by atoms with Crippen molar-refractivity contribution >= 4 is 11.6 Å². The van der Waals surface area contributed by atoms with Gasteiger partial charge < -0.3 is 5.73 Å². The van der Waals surface area contributed by atoms with Crippen LogP contribution in [0.25, 0.3) is 5.69 Å². The fourth-order valence-electron chi connectivity index (χ4n) is 1.37. The number of non-ortho nitro benzene ring substituents is 1. The van der Waals surface area contributed by atoms with E-state index in [-0.39, 0.29) is 11.3 Å². The summed E-state index contributed by atoms with van der Waals surface area (Å²) in [6.07, 6.45) is 2.65. The van der Waals surface area contributed by atoms with Crippen LogP contribution in [-0.2, 0) is 0 Å². The van der Waals surface area contributed by atoms with E-state index in [1.165, 1.54) is 29.5 Å². The summed E-state index contributed by atoms with van der Waals surface area (Å²) in [4.78, 5) is 24.9. The van der Waals surface area contributed by atoms with Gasteiger partial charge in [-0.05, 0) is 6.07 Å². The van der Waals surface area contributed by atoms with Gasteiger partial charge in [0.05, 0.1) is 16.2 Å². The van der Waals surface area contributed by atoms with Gasteiger partial charge in [-0.25, -0.2) is 9.67 Å². The first-order valence-electron chi connectivity index (χ1n) is 4.53. The van der Waals surface area contributed by atoms with Crippen LogP contribution >= 0.6 is 0 Å². The zero-order chi connectivity index (χ0) is 12.4. The largest absolute Gasteiger partial charge is 0.366 e. The number of nitrogens with zero attached hydrogens (tertiary/aromatic N) is 4. The molecule has 86 valence electrons. The van der Waals surface area contributed by atoms with E-state index in [1.807, 2.05) is 0 Å². The van der Waals surface area contributed by atoms with Gasteiger partial charge in [-0.3, -0.25) is 14.9 Å². The van der Waals surface area contributed by atoms with E-state index in [9.17, 15) is 14.9 Å². The highest BCUT2D eigenvalue weighted by Gasteiger charge is 2.16. The van der Waals surface area contributed by atoms with Crippen molar-refractivity contribution in [3.8, 4) is 5.69 Å². The van der Waals surface area contributed by atoms with E-state index in [2.05, 4.69) is 10.1 Å². The second-order valence-corrected chi connectivity index (χ2v) is 3.16. The fourth-order valence-corrected chi connectivity index (χ4v) is 1.37. The molecule has 2 N–H and O–H groups in total. The van der Waals surface area contributed by atoms with Gasteiger partial charge in [0.15, 0.2) is 0 Å². The summed E-state index contributed by atoms with van der Waals surface area (Å²) in [6, 6.07) is 3.77. The molecule has 0 radical (unpaired) electrons. The Bertz CT molecular complexity index is 578. The molecule has 1 aromatic heterocycles. The summed E-state index contributed by atoms with van der Waals surface area (Å²) in [6.45, 7) is 0. The van der Waals surface area contributed by atoms with Gasteiger partial charge in [0.25, 0.3) is 11.6 Å². The Labute approximate surface area is 94.8 Å². The second kappa shape index (κ2) is 4.00. The van der Waals surface area contributed by atoms with Crippen LogP contribution in [0.1, 0.15) is 10.4 Å². The average Bonchev–Trinajstić information content (AvgIpc) is 2.81. The predicted molar refractivity (Wildman–Crippen MR) is 56.5 cm³/mol. The first-order valence-corrected chi connectivity index (χ1v) is 4.53. The van der Waals surface area contributed by atoms with Crippen molar-refractivity contribution in [2.45, 2.75) is 0 Å². The number of hydrogen-bond acceptors (Lipinski definition) is 5. The number of hydrogen-bond donors (Lipinski definition) is 1. The van der Waals surface area contributed by atoms with Crippen molar-refractivity contribution < 1.29 is 9.72 Å². The molecule has 17 heavy (non-hydrogen) atoms. The number of rotatable bonds is 3. The molecule has 1 amide bonds. The van der Waals surface area contributed by atoms with Gasteiger partial charge >= 0.3 is 0 Å². The standard InChI is InChI=1S/C9H7N5O3/c10-9(15)7-3-6(14(16)17)1-2-8(7)13-5-11-4-12-13/h1-5H,(H2,10,15). The van der Waals surface area contributed by atoms with Crippen molar-refractivity contribution in [1.82, 2.24) is 14.8 Å². The van der Waals surface area contributed by atoms with E-state index in [4.69, 9.17) is 5.73 Å². The summed E-state index contributed by atoms with van der Waals surface area (Å²) in [5.41, 5.74) is 5.33. The third-order valence-corrected chi connectivity index (χ3v) is 2.12. The van der Waals surface area contributed by atoms with Crippen molar-refractivity contribution in [3.63, 3.8) is 0 Å². The van der Waals surface area contributed by atoms with Crippen LogP contribution in [0.4, 0.5) is 5.69 Å². The molecule has 0 aliphatic carbocycles. The lowest BCUT2D eigenvalue weighted by Crippen LogP contribution is -2.15. The summed E-state index contributed by atoms with van der Waals surface area (Å²) in [7, 11) is 0. The van der Waals surface area contributed by atoms with E-state index >= 15 is 0 Å². The van der Waals surface area contributed by atoms with Crippen LogP contribution in [0, 0.1) is 10.1 Å². The lowest BCUT2D eigenvalue weighted by molar-refractivity contribution is -0.384. The number of primary amides is 1. The Morgan fingerprint density at radius 2 is 2.24 bits per heavy atom. The molecule has 2 aromatic rings. The highest BCUT2D eigenvalue weighted by Crippen LogP contribution is 2.19. The van der Waals surface area contributed by atoms with Crippen molar-refractivity contribution in [1.29, 1.82) is 0 Å². The van der Waals surface area contributed by atoms with Gasteiger partial charge in [0.1, 0.15) is 12.7 Å². The molecule has 0 bridgehead atoms. The smallest absolute Gasteiger partial charge is 0.270 e. The first kappa shape index (κ1) is 10.7. The molecule has 0 atom stereocenters. The van der Waals surface area contributed by atoms with Crippen molar-refractivity contribution in [2.75, 3.05) is 0 Å². The van der Waals surface area contributed by atoms with Crippen LogP contribution in [0.15, 0.2) is 30.9 Å². The Morgan fingerprint density at radius 3 is 2.76 bits per heavy atom. The Kier molecular flexibility index (Phi) is 2.53.